The van der Waals surface area contributed by atoms with Gasteiger partial charge in [0.05, 0.1) is 12.5 Å². The maximum absolute atomic E-state index is 11.6. The smallest absolute Gasteiger partial charge is 0.222 e. The van der Waals surface area contributed by atoms with Gasteiger partial charge in [-0.1, -0.05) is 29.3 Å². The molecule has 0 spiro atoms. The molecule has 0 bridgehead atoms. The fourth-order valence-corrected chi connectivity index (χ4v) is 2.28. The molecule has 0 aliphatic heterocycles. The van der Waals surface area contributed by atoms with Gasteiger partial charge < -0.3 is 15.8 Å². The number of hydrogen-bond acceptors (Lipinski definition) is 3. The van der Waals surface area contributed by atoms with E-state index in [-0.39, 0.29) is 30.8 Å². The van der Waals surface area contributed by atoms with Crippen LogP contribution in [0.2, 0.25) is 10.0 Å². The van der Waals surface area contributed by atoms with Gasteiger partial charge in [0.15, 0.2) is 0 Å². The fourth-order valence-electron chi connectivity index (χ4n) is 1.77. The molecule has 1 aromatic carbocycles. The predicted octanol–water partition coefficient (Wildman–Crippen LogP) is 2.83. The van der Waals surface area contributed by atoms with Gasteiger partial charge >= 0.3 is 0 Å². The molecule has 1 atom stereocenters. The summed E-state index contributed by atoms with van der Waals surface area (Å²) in [5, 5.41) is 4.12. The zero-order valence-corrected chi connectivity index (χ0v) is 14.2. The summed E-state index contributed by atoms with van der Waals surface area (Å²) in [5.74, 6) is -0.0514. The van der Waals surface area contributed by atoms with Crippen molar-refractivity contribution in [3.63, 3.8) is 0 Å². The van der Waals surface area contributed by atoms with Crippen LogP contribution in [0.3, 0.4) is 0 Å². The SMILES string of the molecule is COC(CN)CC(=O)NCCCc1ccc(Cl)cc1Cl.Cl. The van der Waals surface area contributed by atoms with Gasteiger partial charge in [0, 0.05) is 30.2 Å². The molecule has 0 heterocycles. The van der Waals surface area contributed by atoms with E-state index in [0.717, 1.165) is 18.4 Å². The number of ether oxygens (including phenoxy) is 1. The fraction of sp³-hybridized carbons (Fsp3) is 0.500. The Kier molecular flexibility index (Phi) is 10.8. The average molecular weight is 356 g/mol. The molecule has 3 N–H and O–H groups in total. The van der Waals surface area contributed by atoms with Crippen molar-refractivity contribution < 1.29 is 9.53 Å². The highest BCUT2D eigenvalue weighted by molar-refractivity contribution is 6.35. The van der Waals surface area contributed by atoms with E-state index in [0.29, 0.717) is 23.1 Å². The molecule has 0 aliphatic rings. The topological polar surface area (TPSA) is 64.3 Å². The molecule has 4 nitrogen and oxygen atoms in total. The second-order valence-corrected chi connectivity index (χ2v) is 5.33. The standard InChI is InChI=1S/C14H20Cl2N2O2.ClH/c1-20-12(9-17)8-14(19)18-6-2-3-10-4-5-11(15)7-13(10)16;/h4-5,7,12H,2-3,6,8-9,17H2,1H3,(H,18,19);1H. The van der Waals surface area contributed by atoms with Gasteiger partial charge in [-0.25, -0.2) is 0 Å². The lowest BCUT2D eigenvalue weighted by Crippen LogP contribution is -2.32. The third-order valence-corrected chi connectivity index (χ3v) is 3.56. The Morgan fingerprint density at radius 3 is 2.71 bits per heavy atom. The lowest BCUT2D eigenvalue weighted by molar-refractivity contribution is -0.123. The molecule has 0 aliphatic carbocycles. The first kappa shape index (κ1) is 20.5. The van der Waals surface area contributed by atoms with E-state index in [1.54, 1.807) is 13.2 Å². The minimum Gasteiger partial charge on any atom is -0.380 e. The van der Waals surface area contributed by atoms with Gasteiger partial charge in [0.25, 0.3) is 0 Å². The highest BCUT2D eigenvalue weighted by atomic mass is 35.5. The number of aryl methyl sites for hydroxylation is 1. The molecule has 21 heavy (non-hydrogen) atoms. The van der Waals surface area contributed by atoms with E-state index in [4.69, 9.17) is 33.7 Å². The summed E-state index contributed by atoms with van der Waals surface area (Å²) in [6.45, 7) is 0.934. The second kappa shape index (κ2) is 11.1. The number of nitrogens with one attached hydrogen (secondary N) is 1. The highest BCUT2D eigenvalue weighted by Crippen LogP contribution is 2.21. The Labute approximate surface area is 141 Å². The van der Waals surface area contributed by atoms with Gasteiger partial charge in [-0.3, -0.25) is 4.79 Å². The normalized spacial score (nSPS) is 11.6. The lowest BCUT2D eigenvalue weighted by atomic mass is 10.1. The molecule has 1 unspecified atom stereocenters. The Bertz CT molecular complexity index is 440. The van der Waals surface area contributed by atoms with Crippen molar-refractivity contribution in [2.24, 2.45) is 5.73 Å². The van der Waals surface area contributed by atoms with Crippen molar-refractivity contribution in [1.29, 1.82) is 0 Å². The summed E-state index contributed by atoms with van der Waals surface area (Å²) in [6.07, 6.45) is 1.67. The third kappa shape index (κ3) is 7.88. The van der Waals surface area contributed by atoms with Crippen molar-refractivity contribution in [3.8, 4) is 0 Å². The number of nitrogens with two attached hydrogens (primary N) is 1. The van der Waals surface area contributed by atoms with Crippen LogP contribution in [0.1, 0.15) is 18.4 Å². The Morgan fingerprint density at radius 2 is 2.14 bits per heavy atom. The molecule has 120 valence electrons. The quantitative estimate of drug-likeness (QED) is 0.705. The van der Waals surface area contributed by atoms with Gasteiger partial charge in [-0.15, -0.1) is 12.4 Å². The van der Waals surface area contributed by atoms with E-state index in [2.05, 4.69) is 5.32 Å². The van der Waals surface area contributed by atoms with Crippen molar-refractivity contribution in [1.82, 2.24) is 5.32 Å². The summed E-state index contributed by atoms with van der Waals surface area (Å²) < 4.78 is 5.06. The van der Waals surface area contributed by atoms with Crippen LogP contribution >= 0.6 is 35.6 Å². The average Bonchev–Trinajstić information content (AvgIpc) is 2.42. The van der Waals surface area contributed by atoms with Crippen LogP contribution < -0.4 is 11.1 Å². The number of halogens is 3. The molecule has 1 rings (SSSR count). The lowest BCUT2D eigenvalue weighted by Gasteiger charge is -2.12. The number of benzene rings is 1. The van der Waals surface area contributed by atoms with E-state index in [1.165, 1.54) is 0 Å². The molecule has 0 saturated heterocycles. The molecule has 1 amide bonds. The highest BCUT2D eigenvalue weighted by Gasteiger charge is 2.10. The number of carbonyl (C=O) groups is 1. The summed E-state index contributed by atoms with van der Waals surface area (Å²) >= 11 is 11.9. The van der Waals surface area contributed by atoms with Crippen molar-refractivity contribution in [2.45, 2.75) is 25.4 Å². The minimum atomic E-state index is -0.222. The first-order chi connectivity index (χ1) is 9.56. The maximum atomic E-state index is 11.6. The van der Waals surface area contributed by atoms with Crippen LogP contribution in [-0.2, 0) is 16.0 Å². The minimum absolute atomic E-state index is 0. The van der Waals surface area contributed by atoms with Crippen LogP contribution in [0.25, 0.3) is 0 Å². The van der Waals surface area contributed by atoms with Crippen molar-refractivity contribution in [3.05, 3.63) is 33.8 Å². The third-order valence-electron chi connectivity index (χ3n) is 2.97. The number of rotatable bonds is 8. The molecule has 0 fully saturated rings. The molecule has 0 saturated carbocycles. The van der Waals surface area contributed by atoms with Crippen molar-refractivity contribution in [2.75, 3.05) is 20.2 Å². The van der Waals surface area contributed by atoms with Crippen LogP contribution in [0.4, 0.5) is 0 Å². The summed E-state index contributed by atoms with van der Waals surface area (Å²) in [6, 6.07) is 5.44. The number of carbonyl (C=O) groups excluding carboxylic acids is 1. The van der Waals surface area contributed by atoms with Crippen LogP contribution in [-0.4, -0.2) is 32.2 Å². The number of methoxy groups -OCH3 is 1. The Hall–Kier alpha value is -0.520. The molecular weight excluding hydrogens is 335 g/mol. The molecule has 0 aromatic heterocycles. The van der Waals surface area contributed by atoms with Crippen LogP contribution in [0, 0.1) is 0 Å². The summed E-state index contributed by atoms with van der Waals surface area (Å²) in [5.41, 5.74) is 6.49. The van der Waals surface area contributed by atoms with E-state index in [1.807, 2.05) is 12.1 Å². The van der Waals surface area contributed by atoms with E-state index >= 15 is 0 Å². The second-order valence-electron chi connectivity index (χ2n) is 4.49. The zero-order valence-electron chi connectivity index (χ0n) is 11.9. The van der Waals surface area contributed by atoms with Gasteiger partial charge in [0.2, 0.25) is 5.91 Å². The maximum Gasteiger partial charge on any atom is 0.222 e. The van der Waals surface area contributed by atoms with E-state index < -0.39 is 0 Å². The van der Waals surface area contributed by atoms with E-state index in [9.17, 15) is 4.79 Å². The van der Waals surface area contributed by atoms with Crippen LogP contribution in [0.15, 0.2) is 18.2 Å². The Balaban J connectivity index is 0.00000400. The van der Waals surface area contributed by atoms with Gasteiger partial charge in [-0.05, 0) is 30.5 Å². The number of amides is 1. The monoisotopic (exact) mass is 354 g/mol. The van der Waals surface area contributed by atoms with Crippen molar-refractivity contribution >= 4 is 41.5 Å². The summed E-state index contributed by atoms with van der Waals surface area (Å²) in [7, 11) is 1.55. The molecule has 0 radical (unpaired) electrons. The van der Waals surface area contributed by atoms with Gasteiger partial charge in [0.1, 0.15) is 0 Å². The van der Waals surface area contributed by atoms with Crippen LogP contribution in [0.5, 0.6) is 0 Å². The summed E-state index contributed by atoms with van der Waals surface area (Å²) in [4.78, 5) is 11.6. The van der Waals surface area contributed by atoms with Gasteiger partial charge in [-0.2, -0.15) is 0 Å². The first-order valence-electron chi connectivity index (χ1n) is 6.50. The number of hydrogen-bond donors (Lipinski definition) is 2. The predicted molar refractivity (Wildman–Crippen MR) is 89.5 cm³/mol. The Morgan fingerprint density at radius 1 is 1.43 bits per heavy atom. The first-order valence-corrected chi connectivity index (χ1v) is 7.26. The largest absolute Gasteiger partial charge is 0.380 e. The molecule has 1 aromatic rings. The molecular formula is C14H21Cl3N2O2. The zero-order chi connectivity index (χ0) is 15.0. The molecule has 7 heteroatoms.